The topological polar surface area (TPSA) is 83.9 Å². The lowest BCUT2D eigenvalue weighted by molar-refractivity contribution is -0.122. The maximum Gasteiger partial charge on any atom is 0.238 e. The molecular formula is C20H20N6O. The number of aromatic nitrogens is 4. The quantitative estimate of drug-likeness (QED) is 0.773. The summed E-state index contributed by atoms with van der Waals surface area (Å²) in [5.41, 5.74) is 2.11. The van der Waals surface area contributed by atoms with E-state index < -0.39 is 5.41 Å². The summed E-state index contributed by atoms with van der Waals surface area (Å²) in [6, 6.07) is 8.22. The van der Waals surface area contributed by atoms with Crippen LogP contribution in [0.2, 0.25) is 0 Å². The van der Waals surface area contributed by atoms with E-state index in [0.717, 1.165) is 41.1 Å². The van der Waals surface area contributed by atoms with Gasteiger partial charge in [0.25, 0.3) is 0 Å². The van der Waals surface area contributed by atoms with Crippen molar-refractivity contribution in [3.63, 3.8) is 0 Å². The second kappa shape index (κ2) is 5.70. The minimum absolute atomic E-state index is 0.108. The van der Waals surface area contributed by atoms with Crippen LogP contribution < -0.4 is 10.2 Å². The first-order valence-electron chi connectivity index (χ1n) is 9.16. The lowest BCUT2D eigenvalue weighted by atomic mass is 9.84. The molecule has 3 aromatic rings. The number of anilines is 2. The third-order valence-corrected chi connectivity index (χ3v) is 5.63. The molecule has 27 heavy (non-hydrogen) atoms. The molecule has 1 saturated carbocycles. The van der Waals surface area contributed by atoms with Gasteiger partial charge in [0.2, 0.25) is 5.91 Å². The first-order chi connectivity index (χ1) is 13.0. The van der Waals surface area contributed by atoms with Crippen LogP contribution in [0.15, 0.2) is 43.0 Å². The van der Waals surface area contributed by atoms with Gasteiger partial charge in [-0.15, -0.1) is 0 Å². The van der Waals surface area contributed by atoms with Crippen LogP contribution in [0.3, 0.4) is 0 Å². The molecule has 3 aromatic heterocycles. The SMILES string of the molecule is CC1(C)C(=O)N(C2CC(Nc3ccc4ncccc4n3)C2)c2ncncc21. The van der Waals surface area contributed by atoms with Crippen molar-refractivity contribution in [3.05, 3.63) is 48.5 Å². The van der Waals surface area contributed by atoms with Gasteiger partial charge in [-0.2, -0.15) is 0 Å². The number of hydrogen-bond donors (Lipinski definition) is 1. The van der Waals surface area contributed by atoms with Crippen LogP contribution in [0.5, 0.6) is 0 Å². The van der Waals surface area contributed by atoms with Gasteiger partial charge in [0.15, 0.2) is 0 Å². The van der Waals surface area contributed by atoms with Crippen LogP contribution in [-0.2, 0) is 10.2 Å². The van der Waals surface area contributed by atoms with Gasteiger partial charge in [0.1, 0.15) is 18.0 Å². The molecule has 0 atom stereocenters. The highest BCUT2D eigenvalue weighted by atomic mass is 16.2. The molecule has 0 aromatic carbocycles. The Morgan fingerprint density at radius 1 is 1.15 bits per heavy atom. The Morgan fingerprint density at radius 2 is 2.00 bits per heavy atom. The Labute approximate surface area is 156 Å². The average Bonchev–Trinajstić information content (AvgIpc) is 2.85. The third-order valence-electron chi connectivity index (χ3n) is 5.63. The van der Waals surface area contributed by atoms with Crippen molar-refractivity contribution in [1.82, 2.24) is 19.9 Å². The predicted octanol–water partition coefficient (Wildman–Crippen LogP) is 2.69. The number of nitrogens with one attached hydrogen (secondary N) is 1. The lowest BCUT2D eigenvalue weighted by Crippen LogP contribution is -2.53. The molecule has 1 N–H and O–H groups in total. The van der Waals surface area contributed by atoms with E-state index in [9.17, 15) is 4.79 Å². The predicted molar refractivity (Wildman–Crippen MR) is 103 cm³/mol. The van der Waals surface area contributed by atoms with E-state index >= 15 is 0 Å². The Morgan fingerprint density at radius 3 is 2.85 bits per heavy atom. The van der Waals surface area contributed by atoms with E-state index in [4.69, 9.17) is 0 Å². The van der Waals surface area contributed by atoms with Crippen LogP contribution in [0.4, 0.5) is 11.6 Å². The van der Waals surface area contributed by atoms with Crippen molar-refractivity contribution in [3.8, 4) is 0 Å². The summed E-state index contributed by atoms with van der Waals surface area (Å²) in [5, 5.41) is 3.47. The van der Waals surface area contributed by atoms with Gasteiger partial charge in [-0.3, -0.25) is 14.7 Å². The Kier molecular flexibility index (Phi) is 3.40. The first kappa shape index (κ1) is 16.1. The fourth-order valence-corrected chi connectivity index (χ4v) is 3.97. The average molecular weight is 360 g/mol. The second-order valence-corrected chi connectivity index (χ2v) is 7.76. The Bertz CT molecular complexity index is 1040. The second-order valence-electron chi connectivity index (χ2n) is 7.76. The van der Waals surface area contributed by atoms with Crippen molar-refractivity contribution < 1.29 is 4.79 Å². The lowest BCUT2D eigenvalue weighted by Gasteiger charge is -2.41. The minimum Gasteiger partial charge on any atom is -0.367 e. The van der Waals surface area contributed by atoms with Crippen molar-refractivity contribution >= 4 is 28.6 Å². The van der Waals surface area contributed by atoms with Crippen molar-refractivity contribution in [2.45, 2.75) is 44.2 Å². The van der Waals surface area contributed by atoms with Crippen molar-refractivity contribution in [1.29, 1.82) is 0 Å². The molecule has 5 rings (SSSR count). The number of hydrogen-bond acceptors (Lipinski definition) is 6. The summed E-state index contributed by atoms with van der Waals surface area (Å²) in [6.07, 6.45) is 6.79. The van der Waals surface area contributed by atoms with E-state index in [-0.39, 0.29) is 11.9 Å². The van der Waals surface area contributed by atoms with E-state index in [0.29, 0.717) is 6.04 Å². The van der Waals surface area contributed by atoms with Crippen molar-refractivity contribution in [2.24, 2.45) is 0 Å². The number of carbonyl (C=O) groups is 1. The zero-order chi connectivity index (χ0) is 18.6. The summed E-state index contributed by atoms with van der Waals surface area (Å²) in [5.74, 6) is 1.71. The Balaban J connectivity index is 1.31. The number of pyridine rings is 2. The smallest absolute Gasteiger partial charge is 0.238 e. The standard InChI is InChI=1S/C20H20N6O/c1-20(2)14-10-21-11-23-18(14)26(19(20)27)13-8-12(9-13)24-17-6-5-15-16(25-17)4-3-7-22-15/h3-7,10-13H,8-9H2,1-2H3,(H,24,25). The zero-order valence-corrected chi connectivity index (χ0v) is 15.3. The fraction of sp³-hybridized carbons (Fsp3) is 0.350. The van der Waals surface area contributed by atoms with Crippen molar-refractivity contribution in [2.75, 3.05) is 10.2 Å². The summed E-state index contributed by atoms with van der Waals surface area (Å²) in [7, 11) is 0. The molecule has 136 valence electrons. The van der Waals surface area contributed by atoms with Gasteiger partial charge >= 0.3 is 0 Å². The molecule has 0 radical (unpaired) electrons. The van der Waals surface area contributed by atoms with Crippen LogP contribution in [0.25, 0.3) is 11.0 Å². The number of carbonyl (C=O) groups excluding carboxylic acids is 1. The maximum absolute atomic E-state index is 12.9. The van der Waals surface area contributed by atoms with Gasteiger partial charge in [-0.1, -0.05) is 0 Å². The molecular weight excluding hydrogens is 340 g/mol. The molecule has 1 amide bonds. The highest BCUT2D eigenvalue weighted by Crippen LogP contribution is 2.44. The normalized spacial score (nSPS) is 23.2. The fourth-order valence-electron chi connectivity index (χ4n) is 3.97. The number of amides is 1. The molecule has 1 fully saturated rings. The van der Waals surface area contributed by atoms with Crippen LogP contribution in [0.1, 0.15) is 32.3 Å². The maximum atomic E-state index is 12.9. The molecule has 2 aliphatic rings. The molecule has 0 saturated heterocycles. The summed E-state index contributed by atoms with van der Waals surface area (Å²) < 4.78 is 0. The molecule has 7 nitrogen and oxygen atoms in total. The molecule has 0 bridgehead atoms. The molecule has 0 unspecified atom stereocenters. The number of rotatable bonds is 3. The summed E-state index contributed by atoms with van der Waals surface area (Å²) >= 11 is 0. The van der Waals surface area contributed by atoms with Crippen LogP contribution in [-0.4, -0.2) is 37.9 Å². The third kappa shape index (κ3) is 2.45. The van der Waals surface area contributed by atoms with E-state index in [2.05, 4.69) is 25.3 Å². The molecule has 7 heteroatoms. The molecule has 1 aliphatic carbocycles. The summed E-state index contributed by atoms with van der Waals surface area (Å²) in [6.45, 7) is 3.89. The van der Waals surface area contributed by atoms with Gasteiger partial charge in [0, 0.05) is 30.0 Å². The van der Waals surface area contributed by atoms with Gasteiger partial charge < -0.3 is 5.32 Å². The first-order valence-corrected chi connectivity index (χ1v) is 9.16. The van der Waals surface area contributed by atoms with E-state index in [1.807, 2.05) is 43.0 Å². The van der Waals surface area contributed by atoms with Gasteiger partial charge in [-0.25, -0.2) is 15.0 Å². The molecule has 4 heterocycles. The van der Waals surface area contributed by atoms with Crippen LogP contribution >= 0.6 is 0 Å². The van der Waals surface area contributed by atoms with E-state index in [1.54, 1.807) is 12.4 Å². The highest BCUT2D eigenvalue weighted by molar-refractivity contribution is 6.07. The Hall–Kier alpha value is -3.09. The van der Waals surface area contributed by atoms with Gasteiger partial charge in [-0.05, 0) is 51.0 Å². The molecule has 1 aliphatic heterocycles. The number of fused-ring (bicyclic) bond motifs is 2. The monoisotopic (exact) mass is 360 g/mol. The van der Waals surface area contributed by atoms with Crippen LogP contribution in [0, 0.1) is 0 Å². The molecule has 0 spiro atoms. The number of nitrogens with zero attached hydrogens (tertiary/aromatic N) is 5. The van der Waals surface area contributed by atoms with Gasteiger partial charge in [0.05, 0.1) is 16.4 Å². The van der Waals surface area contributed by atoms with E-state index in [1.165, 1.54) is 6.33 Å². The summed E-state index contributed by atoms with van der Waals surface area (Å²) in [4.78, 5) is 32.2. The zero-order valence-electron chi connectivity index (χ0n) is 15.3. The minimum atomic E-state index is -0.567. The highest BCUT2D eigenvalue weighted by Gasteiger charge is 2.50. The largest absolute Gasteiger partial charge is 0.367 e.